The van der Waals surface area contributed by atoms with Gasteiger partial charge in [0.2, 0.25) is 11.2 Å². The second-order valence-electron chi connectivity index (χ2n) is 12.9. The number of carbonyl (C=O) groups is 1. The highest BCUT2D eigenvalue weighted by Gasteiger charge is 2.49. The fourth-order valence-corrected chi connectivity index (χ4v) is 7.63. The van der Waals surface area contributed by atoms with Crippen LogP contribution in [0.3, 0.4) is 0 Å². The van der Waals surface area contributed by atoms with Crippen molar-refractivity contribution in [3.63, 3.8) is 0 Å². The lowest BCUT2D eigenvalue weighted by Crippen LogP contribution is -2.34. The van der Waals surface area contributed by atoms with Crippen LogP contribution < -0.4 is 14.9 Å². The maximum atomic E-state index is 14.3. The average Bonchev–Trinajstić information content (AvgIpc) is 3.17. The standard InChI is InChI=1S/C33H39NO7/c1-6-19-12-22-28(36)26(20-8-9-24-25(13-20)40-11-10-39-24)30(31(37)38-7-2)41-29(22)23(27(19)35)16-34-18-33(5)15-21(34)14-32(3,4)17-33/h8-9,12-13,21,35H,6-7,10-11,14-18H2,1-5H3. The van der Waals surface area contributed by atoms with Crippen LogP contribution in [0.4, 0.5) is 0 Å². The van der Waals surface area contributed by atoms with Gasteiger partial charge in [0.1, 0.15) is 24.5 Å². The van der Waals surface area contributed by atoms with Gasteiger partial charge in [-0.15, -0.1) is 0 Å². The topological polar surface area (TPSA) is 98.4 Å². The summed E-state index contributed by atoms with van der Waals surface area (Å²) < 4.78 is 23.1. The maximum absolute atomic E-state index is 14.3. The number of phenolic OH excluding ortho intramolecular Hbond substituents is 1. The molecular formula is C33H39NO7. The van der Waals surface area contributed by atoms with Crippen LogP contribution in [0.1, 0.15) is 75.6 Å². The highest BCUT2D eigenvalue weighted by atomic mass is 16.6. The van der Waals surface area contributed by atoms with Crippen LogP contribution in [0.5, 0.6) is 17.2 Å². The first-order valence-corrected chi connectivity index (χ1v) is 14.7. The van der Waals surface area contributed by atoms with Crippen LogP contribution in [-0.4, -0.2) is 48.4 Å². The molecule has 1 aliphatic carbocycles. The molecule has 0 radical (unpaired) electrons. The molecule has 218 valence electrons. The Kier molecular flexibility index (Phi) is 6.80. The minimum atomic E-state index is -0.729. The number of hydrogen-bond acceptors (Lipinski definition) is 8. The number of aromatic hydroxyl groups is 1. The number of carbonyl (C=O) groups excluding carboxylic acids is 1. The third-order valence-corrected chi connectivity index (χ3v) is 8.89. The Hall–Kier alpha value is -3.52. The molecule has 8 heteroatoms. The summed E-state index contributed by atoms with van der Waals surface area (Å²) in [6.45, 7) is 13.0. The first-order chi connectivity index (χ1) is 19.5. The summed E-state index contributed by atoms with van der Waals surface area (Å²) in [6, 6.07) is 7.23. The molecule has 1 N–H and O–H groups in total. The number of rotatable bonds is 6. The van der Waals surface area contributed by atoms with Crippen molar-refractivity contribution >= 4 is 16.9 Å². The summed E-state index contributed by atoms with van der Waals surface area (Å²) in [5.41, 5.74) is 2.12. The second-order valence-corrected chi connectivity index (χ2v) is 12.9. The van der Waals surface area contributed by atoms with Gasteiger partial charge in [-0.05, 0) is 72.8 Å². The Labute approximate surface area is 240 Å². The van der Waals surface area contributed by atoms with E-state index in [1.165, 1.54) is 0 Å². The lowest BCUT2D eigenvalue weighted by atomic mass is 9.65. The van der Waals surface area contributed by atoms with Crippen LogP contribution in [0.2, 0.25) is 0 Å². The van der Waals surface area contributed by atoms with Crippen molar-refractivity contribution in [2.75, 3.05) is 26.4 Å². The predicted octanol–water partition coefficient (Wildman–Crippen LogP) is 6.08. The molecule has 1 saturated carbocycles. The van der Waals surface area contributed by atoms with Gasteiger partial charge in [0, 0.05) is 19.1 Å². The largest absolute Gasteiger partial charge is 0.507 e. The minimum absolute atomic E-state index is 0.109. The Morgan fingerprint density at radius 2 is 1.85 bits per heavy atom. The molecule has 0 amide bonds. The van der Waals surface area contributed by atoms with Gasteiger partial charge < -0.3 is 23.7 Å². The van der Waals surface area contributed by atoms with Crippen molar-refractivity contribution in [1.29, 1.82) is 0 Å². The van der Waals surface area contributed by atoms with E-state index in [1.807, 2.05) is 6.92 Å². The lowest BCUT2D eigenvalue weighted by Gasteiger charge is -2.40. The van der Waals surface area contributed by atoms with Crippen molar-refractivity contribution in [1.82, 2.24) is 4.90 Å². The summed E-state index contributed by atoms with van der Waals surface area (Å²) in [5.74, 6) is 0.291. The van der Waals surface area contributed by atoms with Gasteiger partial charge in [-0.1, -0.05) is 33.8 Å². The highest BCUT2D eigenvalue weighted by molar-refractivity contribution is 5.99. The minimum Gasteiger partial charge on any atom is -0.507 e. The van der Waals surface area contributed by atoms with E-state index in [9.17, 15) is 14.7 Å². The van der Waals surface area contributed by atoms with Crippen LogP contribution in [-0.2, 0) is 17.7 Å². The van der Waals surface area contributed by atoms with E-state index in [2.05, 4.69) is 25.7 Å². The van der Waals surface area contributed by atoms with E-state index in [0.717, 1.165) is 25.8 Å². The molecule has 3 aromatic rings. The normalized spacial score (nSPS) is 23.1. The van der Waals surface area contributed by atoms with Crippen LogP contribution in [0.25, 0.3) is 22.1 Å². The van der Waals surface area contributed by atoms with Gasteiger partial charge in [0.05, 0.1) is 23.1 Å². The molecule has 2 bridgehead atoms. The predicted molar refractivity (Wildman–Crippen MR) is 156 cm³/mol. The molecule has 2 aromatic carbocycles. The maximum Gasteiger partial charge on any atom is 0.375 e. The zero-order chi connectivity index (χ0) is 29.1. The van der Waals surface area contributed by atoms with E-state index in [1.54, 1.807) is 31.2 Å². The van der Waals surface area contributed by atoms with Crippen LogP contribution in [0, 0.1) is 10.8 Å². The Morgan fingerprint density at radius 3 is 2.59 bits per heavy atom. The van der Waals surface area contributed by atoms with Gasteiger partial charge >= 0.3 is 5.97 Å². The molecule has 2 atom stereocenters. The highest BCUT2D eigenvalue weighted by Crippen LogP contribution is 2.53. The molecule has 2 aliphatic heterocycles. The number of fused-ring (bicyclic) bond motifs is 4. The number of phenols is 1. The third-order valence-electron chi connectivity index (χ3n) is 8.89. The summed E-state index contributed by atoms with van der Waals surface area (Å²) in [5, 5.41) is 11.8. The van der Waals surface area contributed by atoms with Crippen molar-refractivity contribution in [3.05, 3.63) is 51.4 Å². The molecule has 2 unspecified atom stereocenters. The number of esters is 1. The van der Waals surface area contributed by atoms with Gasteiger partial charge in [0.25, 0.3) is 0 Å². The summed E-state index contributed by atoms with van der Waals surface area (Å²) in [7, 11) is 0. The zero-order valence-electron chi connectivity index (χ0n) is 24.6. The summed E-state index contributed by atoms with van der Waals surface area (Å²) in [6.07, 6.45) is 3.87. The van der Waals surface area contributed by atoms with Gasteiger partial charge in [0.15, 0.2) is 11.5 Å². The molecular weight excluding hydrogens is 522 g/mol. The fourth-order valence-electron chi connectivity index (χ4n) is 7.63. The Balaban J connectivity index is 1.54. The molecule has 8 nitrogen and oxygen atoms in total. The molecule has 1 aromatic heterocycles. The molecule has 3 heterocycles. The van der Waals surface area contributed by atoms with Gasteiger partial charge in [-0.25, -0.2) is 4.79 Å². The molecule has 1 saturated heterocycles. The molecule has 0 spiro atoms. The number of likely N-dealkylation sites (tertiary alicyclic amines) is 1. The first-order valence-electron chi connectivity index (χ1n) is 14.7. The lowest BCUT2D eigenvalue weighted by molar-refractivity contribution is 0.0491. The van der Waals surface area contributed by atoms with E-state index in [0.29, 0.717) is 65.8 Å². The number of ether oxygens (including phenoxy) is 3. The molecule has 3 aliphatic rings. The Bertz CT molecular complexity index is 1590. The first kappa shape index (κ1) is 27.6. The van der Waals surface area contributed by atoms with Crippen molar-refractivity contribution < 1.29 is 28.5 Å². The average molecular weight is 562 g/mol. The van der Waals surface area contributed by atoms with Crippen molar-refractivity contribution in [2.24, 2.45) is 10.8 Å². The zero-order valence-corrected chi connectivity index (χ0v) is 24.6. The number of hydrogen-bond donors (Lipinski definition) is 1. The van der Waals surface area contributed by atoms with E-state index in [4.69, 9.17) is 18.6 Å². The van der Waals surface area contributed by atoms with Gasteiger partial charge in [-0.2, -0.15) is 0 Å². The van der Waals surface area contributed by atoms with Crippen molar-refractivity contribution in [2.45, 2.75) is 72.9 Å². The van der Waals surface area contributed by atoms with E-state index < -0.39 is 5.97 Å². The molecule has 2 fully saturated rings. The third kappa shape index (κ3) is 4.86. The summed E-state index contributed by atoms with van der Waals surface area (Å²) >= 11 is 0. The monoisotopic (exact) mass is 561 g/mol. The molecule has 41 heavy (non-hydrogen) atoms. The summed E-state index contributed by atoms with van der Waals surface area (Å²) in [4.78, 5) is 30.0. The Morgan fingerprint density at radius 1 is 1.10 bits per heavy atom. The van der Waals surface area contributed by atoms with E-state index in [-0.39, 0.29) is 45.5 Å². The van der Waals surface area contributed by atoms with Gasteiger partial charge in [-0.3, -0.25) is 9.69 Å². The molecule has 6 rings (SSSR count). The number of aryl methyl sites for hydroxylation is 1. The second kappa shape index (κ2) is 10.1. The SMILES string of the molecule is CCOC(=O)c1oc2c(CN3CC4(C)CC3CC(C)(C)C4)c(O)c(CC)cc2c(=O)c1-c1ccc2c(c1)OCCO2. The number of nitrogens with zero attached hydrogens (tertiary/aromatic N) is 1. The fraction of sp³-hybridized carbons (Fsp3) is 0.515. The van der Waals surface area contributed by atoms with E-state index >= 15 is 0 Å². The number of benzene rings is 2. The quantitative estimate of drug-likeness (QED) is 0.362. The van der Waals surface area contributed by atoms with Crippen LogP contribution in [0.15, 0.2) is 33.5 Å². The van der Waals surface area contributed by atoms with Crippen LogP contribution >= 0.6 is 0 Å². The van der Waals surface area contributed by atoms with Crippen molar-refractivity contribution in [3.8, 4) is 28.4 Å². The smallest absolute Gasteiger partial charge is 0.375 e.